The predicted octanol–water partition coefficient (Wildman–Crippen LogP) is 3.45. The van der Waals surface area contributed by atoms with Gasteiger partial charge in [-0.3, -0.25) is 9.10 Å². The highest BCUT2D eigenvalue weighted by atomic mass is 32.2. The number of esters is 1. The Morgan fingerprint density at radius 2 is 1.83 bits per heavy atom. The Labute approximate surface area is 174 Å². The smallest absolute Gasteiger partial charge is 0.341 e. The number of carbonyl (C=O) groups excluding carboxylic acids is 2. The molecule has 0 bridgehead atoms. The second-order valence-corrected chi connectivity index (χ2v) is 9.85. The Hall–Kier alpha value is -2.39. The van der Waals surface area contributed by atoms with Gasteiger partial charge in [-0.1, -0.05) is 0 Å². The average Bonchev–Trinajstić information content (AvgIpc) is 3.05. The van der Waals surface area contributed by atoms with Crippen molar-refractivity contribution in [3.63, 3.8) is 0 Å². The van der Waals surface area contributed by atoms with Crippen LogP contribution in [0.4, 0.5) is 10.7 Å². The lowest BCUT2D eigenvalue weighted by Gasteiger charge is -2.20. The summed E-state index contributed by atoms with van der Waals surface area (Å²) in [5.41, 5.74) is 2.30. The van der Waals surface area contributed by atoms with Crippen molar-refractivity contribution in [1.82, 2.24) is 0 Å². The van der Waals surface area contributed by atoms with E-state index < -0.39 is 16.0 Å². The minimum atomic E-state index is -3.39. The van der Waals surface area contributed by atoms with Crippen LogP contribution in [-0.2, 0) is 27.6 Å². The normalized spacial score (nSPS) is 13.5. The van der Waals surface area contributed by atoms with Crippen LogP contribution in [0.1, 0.15) is 50.9 Å². The number of fused-ring (bicyclic) bond motifs is 1. The highest BCUT2D eigenvalue weighted by Crippen LogP contribution is 2.38. The summed E-state index contributed by atoms with van der Waals surface area (Å²) in [4.78, 5) is 26.2. The molecule has 0 radical (unpaired) electrons. The molecule has 0 unspecified atom stereocenters. The minimum absolute atomic E-state index is 0.299. The molecule has 156 valence electrons. The highest BCUT2D eigenvalue weighted by molar-refractivity contribution is 7.92. The minimum Gasteiger partial charge on any atom is -0.465 e. The predicted molar refractivity (Wildman–Crippen MR) is 115 cm³/mol. The molecule has 3 rings (SSSR count). The van der Waals surface area contributed by atoms with E-state index in [1.165, 1.54) is 22.8 Å². The molecular weight excluding hydrogens is 412 g/mol. The highest BCUT2D eigenvalue weighted by Gasteiger charge is 2.27. The summed E-state index contributed by atoms with van der Waals surface area (Å²) in [5.74, 6) is -0.801. The summed E-state index contributed by atoms with van der Waals surface area (Å²) in [6, 6.07) is 6.34. The van der Waals surface area contributed by atoms with Gasteiger partial charge in [0.05, 0.1) is 24.6 Å². The first-order valence-corrected chi connectivity index (χ1v) is 12.0. The average molecular weight is 437 g/mol. The summed E-state index contributed by atoms with van der Waals surface area (Å²) in [6.07, 6.45) is 4.92. The van der Waals surface area contributed by atoms with Crippen LogP contribution in [0.25, 0.3) is 0 Å². The van der Waals surface area contributed by atoms with E-state index in [-0.39, 0.29) is 5.91 Å². The summed E-state index contributed by atoms with van der Waals surface area (Å²) in [7, 11) is -2.05. The van der Waals surface area contributed by atoms with Crippen LogP contribution in [0.15, 0.2) is 24.3 Å². The first-order chi connectivity index (χ1) is 13.8. The van der Waals surface area contributed by atoms with Crippen LogP contribution in [0.5, 0.6) is 0 Å². The second-order valence-electron chi connectivity index (χ2n) is 6.84. The molecule has 0 aliphatic heterocycles. The Morgan fingerprint density at radius 3 is 2.41 bits per heavy atom. The number of ether oxygens (including phenoxy) is 1. The van der Waals surface area contributed by atoms with Crippen molar-refractivity contribution < 1.29 is 22.7 Å². The lowest BCUT2D eigenvalue weighted by atomic mass is 9.95. The van der Waals surface area contributed by atoms with E-state index >= 15 is 0 Å². The summed E-state index contributed by atoms with van der Waals surface area (Å²) in [6.45, 7) is 2.04. The van der Waals surface area contributed by atoms with Gasteiger partial charge in [-0.15, -0.1) is 11.3 Å². The van der Waals surface area contributed by atoms with Crippen molar-refractivity contribution in [2.45, 2.75) is 32.6 Å². The zero-order valence-electron chi connectivity index (χ0n) is 16.6. The number of benzene rings is 1. The molecule has 1 aromatic heterocycles. The number of sulfonamides is 1. The van der Waals surface area contributed by atoms with E-state index in [2.05, 4.69) is 5.32 Å². The van der Waals surface area contributed by atoms with Crippen molar-refractivity contribution in [3.05, 3.63) is 45.8 Å². The van der Waals surface area contributed by atoms with Gasteiger partial charge in [0.15, 0.2) is 0 Å². The third-order valence-corrected chi connectivity index (χ3v) is 7.37. The number of nitrogens with one attached hydrogen (secondary N) is 1. The first kappa shape index (κ1) is 21.3. The molecule has 1 aliphatic rings. The summed E-state index contributed by atoms with van der Waals surface area (Å²) >= 11 is 1.42. The lowest BCUT2D eigenvalue weighted by Crippen LogP contribution is -2.29. The van der Waals surface area contributed by atoms with E-state index in [1.54, 1.807) is 31.2 Å². The SMILES string of the molecule is CCN(c1ccc(C(=O)Nc2sc3c(c2C(=O)OC)CCCC3)cc1)S(C)(=O)=O. The van der Waals surface area contributed by atoms with Gasteiger partial charge < -0.3 is 10.1 Å². The molecular formula is C20H24N2O5S2. The molecule has 0 saturated heterocycles. The summed E-state index contributed by atoms with van der Waals surface area (Å²) in [5, 5.41) is 3.34. The van der Waals surface area contributed by atoms with Crippen LogP contribution >= 0.6 is 11.3 Å². The zero-order valence-corrected chi connectivity index (χ0v) is 18.3. The van der Waals surface area contributed by atoms with E-state index in [0.717, 1.165) is 42.4 Å². The Kier molecular flexibility index (Phi) is 6.28. The van der Waals surface area contributed by atoms with Gasteiger partial charge in [0, 0.05) is 17.0 Å². The van der Waals surface area contributed by atoms with Crippen LogP contribution in [-0.4, -0.2) is 40.2 Å². The van der Waals surface area contributed by atoms with Gasteiger partial charge in [0.1, 0.15) is 5.00 Å². The number of hydrogen-bond acceptors (Lipinski definition) is 6. The standard InChI is InChI=1S/C20H24N2O5S2/c1-4-22(29(3,25)26)14-11-9-13(10-12-14)18(23)21-19-17(20(24)27-2)15-7-5-6-8-16(15)28-19/h9-12H,4-8H2,1-3H3,(H,21,23). The lowest BCUT2D eigenvalue weighted by molar-refractivity contribution is 0.0601. The number of amides is 1. The molecule has 29 heavy (non-hydrogen) atoms. The first-order valence-electron chi connectivity index (χ1n) is 9.38. The van der Waals surface area contributed by atoms with Crippen molar-refractivity contribution >= 4 is 43.9 Å². The molecule has 1 amide bonds. The van der Waals surface area contributed by atoms with Crippen LogP contribution in [0.3, 0.4) is 0 Å². The third-order valence-electron chi connectivity index (χ3n) is 4.89. The van der Waals surface area contributed by atoms with Gasteiger partial charge >= 0.3 is 5.97 Å². The molecule has 0 fully saturated rings. The second kappa shape index (κ2) is 8.54. The fourth-order valence-corrected chi connectivity index (χ4v) is 5.78. The third kappa shape index (κ3) is 4.45. The quantitative estimate of drug-likeness (QED) is 0.700. The van der Waals surface area contributed by atoms with Gasteiger partial charge in [-0.05, 0) is 62.4 Å². The zero-order chi connectivity index (χ0) is 21.2. The number of rotatable bonds is 6. The van der Waals surface area contributed by atoms with Crippen LogP contribution in [0, 0.1) is 0 Å². The Bertz CT molecular complexity index is 1030. The molecule has 1 N–H and O–H groups in total. The molecule has 1 heterocycles. The van der Waals surface area contributed by atoms with Gasteiger partial charge in [-0.2, -0.15) is 0 Å². The maximum atomic E-state index is 12.7. The molecule has 7 nitrogen and oxygen atoms in total. The molecule has 0 atom stereocenters. The maximum Gasteiger partial charge on any atom is 0.341 e. The van der Waals surface area contributed by atoms with Crippen LogP contribution in [0.2, 0.25) is 0 Å². The fraction of sp³-hybridized carbons (Fsp3) is 0.400. The number of nitrogens with zero attached hydrogens (tertiary/aromatic N) is 1. The molecule has 1 aromatic carbocycles. The van der Waals surface area contributed by atoms with Gasteiger partial charge in [0.25, 0.3) is 5.91 Å². The van der Waals surface area contributed by atoms with Crippen molar-refractivity contribution in [2.24, 2.45) is 0 Å². The number of thiophene rings is 1. The summed E-state index contributed by atoms with van der Waals surface area (Å²) < 4.78 is 29.9. The largest absolute Gasteiger partial charge is 0.465 e. The van der Waals surface area contributed by atoms with Crippen molar-refractivity contribution in [3.8, 4) is 0 Å². The molecule has 0 saturated carbocycles. The molecule has 1 aliphatic carbocycles. The van der Waals surface area contributed by atoms with E-state index in [9.17, 15) is 18.0 Å². The van der Waals surface area contributed by atoms with Crippen molar-refractivity contribution in [2.75, 3.05) is 29.5 Å². The van der Waals surface area contributed by atoms with Gasteiger partial charge in [-0.25, -0.2) is 13.2 Å². The number of anilines is 2. The number of aryl methyl sites for hydroxylation is 1. The Balaban J connectivity index is 1.86. The molecule has 2 aromatic rings. The molecule has 0 spiro atoms. The number of hydrogen-bond donors (Lipinski definition) is 1. The molecule has 9 heteroatoms. The fourth-order valence-electron chi connectivity index (χ4n) is 3.53. The van der Waals surface area contributed by atoms with Crippen LogP contribution < -0.4 is 9.62 Å². The topological polar surface area (TPSA) is 92.8 Å². The van der Waals surface area contributed by atoms with Crippen molar-refractivity contribution in [1.29, 1.82) is 0 Å². The monoisotopic (exact) mass is 436 g/mol. The van der Waals surface area contributed by atoms with E-state index in [1.807, 2.05) is 0 Å². The number of carbonyl (C=O) groups is 2. The number of methoxy groups -OCH3 is 1. The Morgan fingerprint density at radius 1 is 1.17 bits per heavy atom. The maximum absolute atomic E-state index is 12.7. The van der Waals surface area contributed by atoms with E-state index in [0.29, 0.717) is 28.4 Å². The van der Waals surface area contributed by atoms with E-state index in [4.69, 9.17) is 4.74 Å². The van der Waals surface area contributed by atoms with Gasteiger partial charge in [0.2, 0.25) is 10.0 Å².